The van der Waals surface area contributed by atoms with Crippen LogP contribution in [0.1, 0.15) is 40.9 Å². The molecule has 9 heteroatoms. The Labute approximate surface area is 247 Å². The maximum absolute atomic E-state index is 13.3. The molecule has 0 unspecified atom stereocenters. The van der Waals surface area contributed by atoms with Crippen molar-refractivity contribution in [3.05, 3.63) is 124 Å². The number of pyridine rings is 2. The Morgan fingerprint density at radius 2 is 1.73 bits per heavy atom. The molecular formula is C32H30BrN3O4S+2. The van der Waals surface area contributed by atoms with E-state index in [1.165, 1.54) is 6.26 Å². The van der Waals surface area contributed by atoms with Crippen LogP contribution < -0.4 is 15.0 Å². The van der Waals surface area contributed by atoms with Crippen molar-refractivity contribution in [3.63, 3.8) is 0 Å². The molecule has 0 aliphatic rings. The van der Waals surface area contributed by atoms with Gasteiger partial charge in [-0.25, -0.2) is 13.4 Å². The molecule has 0 bridgehead atoms. The van der Waals surface area contributed by atoms with Crippen molar-refractivity contribution in [1.29, 1.82) is 0 Å². The first-order valence-electron chi connectivity index (χ1n) is 13.0. The number of hydrogen-bond acceptors (Lipinski definition) is 4. The predicted molar refractivity (Wildman–Crippen MR) is 163 cm³/mol. The summed E-state index contributed by atoms with van der Waals surface area (Å²) in [5.74, 6) is -0.267. The van der Waals surface area contributed by atoms with Crippen LogP contribution in [0.2, 0.25) is 0 Å². The van der Waals surface area contributed by atoms with E-state index in [9.17, 15) is 18.4 Å². The molecule has 5 rings (SSSR count). The van der Waals surface area contributed by atoms with Gasteiger partial charge in [0.2, 0.25) is 17.9 Å². The molecule has 0 aliphatic carbocycles. The van der Waals surface area contributed by atoms with E-state index in [0.717, 1.165) is 42.4 Å². The van der Waals surface area contributed by atoms with Gasteiger partial charge in [0.15, 0.2) is 16.0 Å². The van der Waals surface area contributed by atoms with Crippen LogP contribution in [0.15, 0.2) is 102 Å². The molecule has 0 saturated heterocycles. The maximum atomic E-state index is 13.3. The molecule has 41 heavy (non-hydrogen) atoms. The lowest BCUT2D eigenvalue weighted by Crippen LogP contribution is -2.28. The minimum Gasteiger partial charge on any atom is -0.321 e. The number of aromatic amines is 1. The first-order chi connectivity index (χ1) is 19.4. The van der Waals surface area contributed by atoms with Gasteiger partial charge in [-0.05, 0) is 101 Å². The monoisotopic (exact) mass is 631 g/mol. The Balaban J connectivity index is 1.44. The maximum Gasteiger partial charge on any atom is 0.255 e. The third kappa shape index (κ3) is 6.01. The Morgan fingerprint density at radius 3 is 2.44 bits per heavy atom. The average Bonchev–Trinajstić information content (AvgIpc) is 2.94. The first-order valence-corrected chi connectivity index (χ1v) is 15.6. The van der Waals surface area contributed by atoms with Crippen molar-refractivity contribution in [2.45, 2.75) is 25.0 Å². The van der Waals surface area contributed by atoms with E-state index in [2.05, 4.69) is 26.2 Å². The van der Waals surface area contributed by atoms with Crippen molar-refractivity contribution < 1.29 is 28.1 Å². The zero-order chi connectivity index (χ0) is 29.4. The number of nitrogens with zero attached hydrogens (tertiary/aromatic N) is 1. The molecule has 5 aromatic rings. The number of rotatable bonds is 7. The largest absolute Gasteiger partial charge is 0.321 e. The van der Waals surface area contributed by atoms with Gasteiger partial charge in [0.1, 0.15) is 0 Å². The van der Waals surface area contributed by atoms with Gasteiger partial charge in [0.05, 0.1) is 16.0 Å². The summed E-state index contributed by atoms with van der Waals surface area (Å²) in [6.07, 6.45) is 6.91. The summed E-state index contributed by atoms with van der Waals surface area (Å²) >= 11 is 3.58. The second-order valence-corrected chi connectivity index (χ2v) is 14.0. The highest BCUT2D eigenvalue weighted by Crippen LogP contribution is 2.36. The fourth-order valence-corrected chi connectivity index (χ4v) is 5.70. The summed E-state index contributed by atoms with van der Waals surface area (Å²) < 4.78 is 25.9. The van der Waals surface area contributed by atoms with Gasteiger partial charge in [0, 0.05) is 44.6 Å². The van der Waals surface area contributed by atoms with Crippen molar-refractivity contribution in [1.82, 2.24) is 0 Å². The number of aromatic nitrogens is 2. The molecule has 208 valence electrons. The Hall–Kier alpha value is -4.08. The number of nitrogens with one attached hydrogen (secondary N) is 2. The van der Waals surface area contributed by atoms with Crippen LogP contribution in [0, 0.1) is 0 Å². The molecule has 2 heterocycles. The van der Waals surface area contributed by atoms with E-state index in [0.29, 0.717) is 23.2 Å². The average molecular weight is 633 g/mol. The molecule has 0 radical (unpaired) electrons. The molecule has 0 fully saturated rings. The normalized spacial score (nSPS) is 11.9. The molecule has 3 N–H and O–H groups in total. The van der Waals surface area contributed by atoms with E-state index in [1.54, 1.807) is 32.3 Å². The highest BCUT2D eigenvalue weighted by atomic mass is 79.9. The lowest BCUT2D eigenvalue weighted by Gasteiger charge is -2.24. The zero-order valence-corrected chi connectivity index (χ0v) is 25.3. The molecular weight excluding hydrogens is 602 g/mol. The number of sulfone groups is 1. The van der Waals surface area contributed by atoms with Crippen LogP contribution in [0.5, 0.6) is 0 Å². The Morgan fingerprint density at radius 1 is 0.976 bits per heavy atom. The van der Waals surface area contributed by atoms with E-state index in [4.69, 9.17) is 0 Å². The lowest BCUT2D eigenvalue weighted by molar-refractivity contribution is -0.904. The van der Waals surface area contributed by atoms with Gasteiger partial charge >= 0.3 is 0 Å². The molecule has 3 aromatic carbocycles. The summed E-state index contributed by atoms with van der Waals surface area (Å²) in [5, 5.41) is 13.3. The number of halogens is 1. The van der Waals surface area contributed by atoms with Crippen LogP contribution >= 0.6 is 15.9 Å². The highest BCUT2D eigenvalue weighted by Gasteiger charge is 2.33. The minimum absolute atomic E-state index is 0.267. The van der Waals surface area contributed by atoms with Crippen LogP contribution in [-0.4, -0.2) is 25.8 Å². The number of anilines is 1. The van der Waals surface area contributed by atoms with Crippen LogP contribution in [-0.2, 0) is 21.0 Å². The van der Waals surface area contributed by atoms with Crippen molar-refractivity contribution in [2.75, 3.05) is 11.6 Å². The molecule has 0 atom stereocenters. The molecule has 7 nitrogen and oxygen atoms in total. The number of amides is 1. The second kappa shape index (κ2) is 11.1. The van der Waals surface area contributed by atoms with Gasteiger partial charge in [-0.3, -0.25) is 10.0 Å². The fourth-order valence-electron chi connectivity index (χ4n) is 4.63. The smallest absolute Gasteiger partial charge is 0.255 e. The molecule has 0 spiro atoms. The summed E-state index contributed by atoms with van der Waals surface area (Å²) in [5.41, 5.74) is 6.33. The van der Waals surface area contributed by atoms with Crippen molar-refractivity contribution >= 4 is 48.3 Å². The molecule has 0 saturated carbocycles. The minimum atomic E-state index is -3.40. The zero-order valence-electron chi connectivity index (χ0n) is 22.9. The Bertz CT molecular complexity index is 1890. The number of carbonyl (C=O) groups is 1. The van der Waals surface area contributed by atoms with E-state index >= 15 is 0 Å². The van der Waals surface area contributed by atoms with Gasteiger partial charge in [0.25, 0.3) is 5.91 Å². The van der Waals surface area contributed by atoms with E-state index < -0.39 is 14.6 Å². The summed E-state index contributed by atoms with van der Waals surface area (Å²) in [6.45, 7) is 3.41. The highest BCUT2D eigenvalue weighted by molar-refractivity contribution is 9.10. The molecule has 1 amide bonds. The fraction of sp³-hybridized carbons (Fsp3) is 0.156. The van der Waals surface area contributed by atoms with Gasteiger partial charge in [-0.2, -0.15) is 0 Å². The van der Waals surface area contributed by atoms with Crippen molar-refractivity contribution in [3.8, 4) is 11.1 Å². The van der Waals surface area contributed by atoms with Crippen LogP contribution in [0.4, 0.5) is 5.69 Å². The number of H-pyrrole nitrogens is 1. The van der Waals surface area contributed by atoms with E-state index in [-0.39, 0.29) is 5.91 Å². The van der Waals surface area contributed by atoms with Crippen LogP contribution in [0.3, 0.4) is 0 Å². The summed E-state index contributed by atoms with van der Waals surface area (Å²) in [4.78, 5) is 16.6. The number of hydrogen-bond donors (Lipinski definition) is 2. The Kier molecular flexibility index (Phi) is 7.68. The van der Waals surface area contributed by atoms with Gasteiger partial charge in [-0.1, -0.05) is 18.2 Å². The molecule has 0 aliphatic heterocycles. The number of carbonyl (C=O) groups excluding carboxylic acids is 1. The topological polar surface area (TPSA) is 101 Å². The third-order valence-electron chi connectivity index (χ3n) is 7.40. The van der Waals surface area contributed by atoms with Gasteiger partial charge < -0.3 is 5.32 Å². The van der Waals surface area contributed by atoms with Crippen molar-refractivity contribution in [2.24, 2.45) is 0 Å². The standard InChI is InChI=1S/C32H28BrN3O4S/c1-32(2,41(3,39)40)26-19-24-8-5-13-34-30(24)27(20-26)23-6-4-7-25(18-23)31(37)35-29-10-9-22(17-28(29)33)16-21-11-14-36(38)15-12-21/h4-15,17-20H,16H2,1-3H3,(H-,35,37,38)/p+2. The second-order valence-electron chi connectivity index (χ2n) is 10.6. The first kappa shape index (κ1) is 28.4. The number of fused-ring (bicyclic) bond motifs is 1. The van der Waals surface area contributed by atoms with E-state index in [1.807, 2.05) is 79.0 Å². The summed E-state index contributed by atoms with van der Waals surface area (Å²) in [6, 6.07) is 24.4. The predicted octanol–water partition coefficient (Wildman–Crippen LogP) is 5.73. The summed E-state index contributed by atoms with van der Waals surface area (Å²) in [7, 11) is -3.40. The van der Waals surface area contributed by atoms with Gasteiger partial charge in [-0.15, -0.1) is 0 Å². The quantitative estimate of drug-likeness (QED) is 0.177. The van der Waals surface area contributed by atoms with Crippen LogP contribution in [0.25, 0.3) is 22.0 Å². The third-order valence-corrected chi connectivity index (χ3v) is 10.1. The molecule has 2 aromatic heterocycles. The SMILES string of the molecule is CC(C)(c1cc(-c2cccc(C(=O)Nc3ccc(Cc4cc[n+](O)cc4)cc3Br)c2)c2[nH+]cccc2c1)S(C)(=O)=O. The number of benzene rings is 3. The lowest BCUT2D eigenvalue weighted by atomic mass is 9.93.